The van der Waals surface area contributed by atoms with Crippen molar-refractivity contribution in [3.05, 3.63) is 70.8 Å². The molecule has 0 aliphatic carbocycles. The van der Waals surface area contributed by atoms with Crippen molar-refractivity contribution in [2.24, 2.45) is 0 Å². The molecule has 2 aromatic carbocycles. The number of ether oxygens (including phenoxy) is 1. The van der Waals surface area contributed by atoms with Crippen LogP contribution in [0.4, 0.5) is 0 Å². The average Bonchev–Trinajstić information content (AvgIpc) is 2.59. The van der Waals surface area contributed by atoms with Gasteiger partial charge in [-0.1, -0.05) is 30.3 Å². The molecule has 0 unspecified atom stereocenters. The maximum absolute atomic E-state index is 12.1. The first-order valence-electron chi connectivity index (χ1n) is 6.95. The van der Waals surface area contributed by atoms with Crippen LogP contribution >= 0.6 is 0 Å². The smallest absolute Gasteiger partial charge is 0.338 e. The van der Waals surface area contributed by atoms with Crippen molar-refractivity contribution in [1.29, 1.82) is 0 Å². The zero-order valence-electron chi connectivity index (χ0n) is 12.5. The highest BCUT2D eigenvalue weighted by atomic mass is 16.5. The summed E-state index contributed by atoms with van der Waals surface area (Å²) in [7, 11) is 1.44. The number of aliphatic hydroxyl groups is 2. The molecular formula is C17H17NO5. The molecule has 0 radical (unpaired) electrons. The fraction of sp³-hybridized carbons (Fsp3) is 0.176. The van der Waals surface area contributed by atoms with Crippen molar-refractivity contribution >= 4 is 11.9 Å². The fourth-order valence-corrected chi connectivity index (χ4v) is 2.00. The predicted molar refractivity (Wildman–Crippen MR) is 82.6 cm³/mol. The van der Waals surface area contributed by atoms with Gasteiger partial charge in [0.25, 0.3) is 5.91 Å². The van der Waals surface area contributed by atoms with E-state index in [4.69, 9.17) is 4.74 Å². The Labute approximate surface area is 133 Å². The molecular weight excluding hydrogens is 298 g/mol. The van der Waals surface area contributed by atoms with Gasteiger partial charge in [-0.15, -0.1) is 0 Å². The van der Waals surface area contributed by atoms with Crippen molar-refractivity contribution in [2.45, 2.75) is 12.9 Å². The molecule has 0 saturated heterocycles. The summed E-state index contributed by atoms with van der Waals surface area (Å²) in [5.74, 6) is -1.09. The van der Waals surface area contributed by atoms with Crippen molar-refractivity contribution in [1.82, 2.24) is 5.32 Å². The standard InChI is InChI=1S/C17H17NO5/c1-18-15(19)12-7-13(16(20)21)9-14(8-12)17(22)23-10-11-5-3-2-4-6-11/h2-9,16,20-21H,10H2,1H3,(H,18,19). The third-order valence-corrected chi connectivity index (χ3v) is 3.19. The van der Waals surface area contributed by atoms with Crippen LogP contribution in [-0.4, -0.2) is 29.1 Å². The summed E-state index contributed by atoms with van der Waals surface area (Å²) in [6.07, 6.45) is -1.79. The van der Waals surface area contributed by atoms with E-state index in [1.807, 2.05) is 30.3 Å². The SMILES string of the molecule is CNC(=O)c1cc(C(=O)OCc2ccccc2)cc(C(O)O)c1. The number of benzene rings is 2. The quantitative estimate of drug-likeness (QED) is 0.572. The summed E-state index contributed by atoms with van der Waals surface area (Å²) in [6.45, 7) is 0.0842. The number of hydrogen-bond acceptors (Lipinski definition) is 5. The van der Waals surface area contributed by atoms with E-state index >= 15 is 0 Å². The van der Waals surface area contributed by atoms with Gasteiger partial charge in [0, 0.05) is 18.2 Å². The van der Waals surface area contributed by atoms with Crippen LogP contribution in [-0.2, 0) is 11.3 Å². The van der Waals surface area contributed by atoms with Crippen molar-refractivity contribution in [3.8, 4) is 0 Å². The maximum Gasteiger partial charge on any atom is 0.338 e. The molecule has 6 nitrogen and oxygen atoms in total. The third kappa shape index (κ3) is 4.38. The minimum atomic E-state index is -1.79. The van der Waals surface area contributed by atoms with Crippen LogP contribution in [0.3, 0.4) is 0 Å². The first-order valence-corrected chi connectivity index (χ1v) is 6.95. The van der Waals surface area contributed by atoms with E-state index < -0.39 is 18.2 Å². The minimum absolute atomic E-state index is 0.0396. The molecule has 23 heavy (non-hydrogen) atoms. The molecule has 3 N–H and O–H groups in total. The van der Waals surface area contributed by atoms with Crippen LogP contribution in [0.15, 0.2) is 48.5 Å². The fourth-order valence-electron chi connectivity index (χ4n) is 2.00. The summed E-state index contributed by atoms with van der Waals surface area (Å²) in [5.41, 5.74) is 1.08. The molecule has 6 heteroatoms. The molecule has 0 aliphatic rings. The van der Waals surface area contributed by atoms with Crippen LogP contribution in [0.1, 0.15) is 38.1 Å². The van der Waals surface area contributed by atoms with Gasteiger partial charge in [-0.2, -0.15) is 0 Å². The molecule has 0 saturated carbocycles. The summed E-state index contributed by atoms with van der Waals surface area (Å²) >= 11 is 0. The highest BCUT2D eigenvalue weighted by Crippen LogP contribution is 2.17. The van der Waals surface area contributed by atoms with E-state index in [0.717, 1.165) is 5.56 Å². The molecule has 0 heterocycles. The highest BCUT2D eigenvalue weighted by molar-refractivity contribution is 5.98. The van der Waals surface area contributed by atoms with E-state index in [1.54, 1.807) is 0 Å². The molecule has 0 spiro atoms. The Balaban J connectivity index is 2.21. The second kappa shape index (κ2) is 7.53. The van der Waals surface area contributed by atoms with Crippen LogP contribution in [0.25, 0.3) is 0 Å². The number of amides is 1. The van der Waals surface area contributed by atoms with Gasteiger partial charge in [-0.05, 0) is 23.8 Å². The summed E-state index contributed by atoms with van der Waals surface area (Å²) in [5, 5.41) is 21.0. The second-order valence-electron chi connectivity index (χ2n) is 4.86. The number of esters is 1. The summed E-state index contributed by atoms with van der Waals surface area (Å²) in [6, 6.07) is 13.1. The lowest BCUT2D eigenvalue weighted by atomic mass is 10.0. The Morgan fingerprint density at radius 3 is 2.35 bits per heavy atom. The third-order valence-electron chi connectivity index (χ3n) is 3.19. The van der Waals surface area contributed by atoms with Crippen LogP contribution in [0.2, 0.25) is 0 Å². The largest absolute Gasteiger partial charge is 0.457 e. The molecule has 120 valence electrons. The Morgan fingerprint density at radius 1 is 1.09 bits per heavy atom. The number of nitrogens with one attached hydrogen (secondary N) is 1. The lowest BCUT2D eigenvalue weighted by Crippen LogP contribution is -2.19. The normalized spacial score (nSPS) is 10.4. The van der Waals surface area contributed by atoms with Gasteiger partial charge in [0.15, 0.2) is 6.29 Å². The Hall–Kier alpha value is -2.70. The van der Waals surface area contributed by atoms with E-state index in [1.165, 1.54) is 25.2 Å². The molecule has 0 fully saturated rings. The number of carbonyl (C=O) groups excluding carboxylic acids is 2. The number of rotatable bonds is 5. The van der Waals surface area contributed by atoms with E-state index in [2.05, 4.69) is 5.32 Å². The molecule has 0 aliphatic heterocycles. The zero-order chi connectivity index (χ0) is 16.8. The van der Waals surface area contributed by atoms with Gasteiger partial charge in [0.05, 0.1) is 5.56 Å². The molecule has 0 aromatic heterocycles. The first-order chi connectivity index (χ1) is 11.0. The van der Waals surface area contributed by atoms with Gasteiger partial charge < -0.3 is 20.3 Å². The molecule has 2 aromatic rings. The van der Waals surface area contributed by atoms with E-state index in [-0.39, 0.29) is 23.3 Å². The monoisotopic (exact) mass is 315 g/mol. The van der Waals surface area contributed by atoms with E-state index in [9.17, 15) is 19.8 Å². The number of carbonyl (C=O) groups is 2. The molecule has 0 bridgehead atoms. The molecule has 1 amide bonds. The Morgan fingerprint density at radius 2 is 1.74 bits per heavy atom. The van der Waals surface area contributed by atoms with Gasteiger partial charge >= 0.3 is 5.97 Å². The minimum Gasteiger partial charge on any atom is -0.457 e. The second-order valence-corrected chi connectivity index (χ2v) is 4.86. The van der Waals surface area contributed by atoms with Crippen LogP contribution < -0.4 is 5.32 Å². The zero-order valence-corrected chi connectivity index (χ0v) is 12.5. The Bertz CT molecular complexity index is 697. The van der Waals surface area contributed by atoms with Crippen molar-refractivity contribution in [3.63, 3.8) is 0 Å². The van der Waals surface area contributed by atoms with Gasteiger partial charge in [-0.3, -0.25) is 4.79 Å². The highest BCUT2D eigenvalue weighted by Gasteiger charge is 2.16. The summed E-state index contributed by atoms with van der Waals surface area (Å²) in [4.78, 5) is 23.9. The Kier molecular flexibility index (Phi) is 5.46. The lowest BCUT2D eigenvalue weighted by Gasteiger charge is -2.10. The summed E-state index contributed by atoms with van der Waals surface area (Å²) < 4.78 is 5.18. The first kappa shape index (κ1) is 16.7. The van der Waals surface area contributed by atoms with Crippen LogP contribution in [0, 0.1) is 0 Å². The lowest BCUT2D eigenvalue weighted by molar-refractivity contribution is -0.0425. The van der Waals surface area contributed by atoms with Gasteiger partial charge in [0.1, 0.15) is 6.61 Å². The van der Waals surface area contributed by atoms with Gasteiger partial charge in [0.2, 0.25) is 0 Å². The van der Waals surface area contributed by atoms with Crippen LogP contribution in [0.5, 0.6) is 0 Å². The van der Waals surface area contributed by atoms with Crippen molar-refractivity contribution < 1.29 is 24.5 Å². The van der Waals surface area contributed by atoms with Gasteiger partial charge in [-0.25, -0.2) is 4.79 Å². The maximum atomic E-state index is 12.1. The molecule has 2 rings (SSSR count). The van der Waals surface area contributed by atoms with Crippen molar-refractivity contribution in [2.75, 3.05) is 7.05 Å². The van der Waals surface area contributed by atoms with E-state index in [0.29, 0.717) is 0 Å². The molecule has 0 atom stereocenters. The number of hydrogen-bond donors (Lipinski definition) is 3. The topological polar surface area (TPSA) is 95.9 Å². The predicted octanol–water partition coefficient (Wildman–Crippen LogP) is 1.39. The average molecular weight is 315 g/mol. The number of aliphatic hydroxyl groups excluding tert-OH is 1.